The molecule has 1 aliphatic carbocycles. The number of piperidine rings is 1. The number of nitrogens with zero attached hydrogens (tertiary/aromatic N) is 3. The molecule has 3 fully saturated rings. The molecule has 1 saturated carbocycles. The molecule has 0 unspecified atom stereocenters. The maximum Gasteiger partial charge on any atom is 0.0995 e. The van der Waals surface area contributed by atoms with Gasteiger partial charge in [-0.15, -0.1) is 0 Å². The number of likely N-dealkylation sites (N-methyl/N-ethyl adjacent to an activating group) is 1. The average molecular weight is 339 g/mol. The molecule has 0 aromatic heterocycles. The lowest BCUT2D eigenvalue weighted by atomic mass is 9.75. The first kappa shape index (κ1) is 17.0. The van der Waals surface area contributed by atoms with Gasteiger partial charge in [0.05, 0.1) is 11.6 Å². The van der Waals surface area contributed by atoms with Gasteiger partial charge in [0.25, 0.3) is 0 Å². The van der Waals surface area contributed by atoms with Crippen LogP contribution in [0, 0.1) is 23.2 Å². The van der Waals surface area contributed by atoms with Crippen LogP contribution < -0.4 is 0 Å². The molecule has 4 nitrogen and oxygen atoms in total. The fraction of sp³-hybridized carbons (Fsp3) is 0.667. The van der Waals surface area contributed by atoms with Gasteiger partial charge >= 0.3 is 0 Å². The van der Waals surface area contributed by atoms with Crippen LogP contribution in [0.2, 0.25) is 0 Å². The Bertz CT molecular complexity index is 643. The van der Waals surface area contributed by atoms with E-state index in [9.17, 15) is 5.26 Å². The summed E-state index contributed by atoms with van der Waals surface area (Å²) in [6, 6.07) is 10.3. The molecule has 2 saturated heterocycles. The van der Waals surface area contributed by atoms with E-state index >= 15 is 0 Å². The monoisotopic (exact) mass is 339 g/mol. The highest BCUT2D eigenvalue weighted by atomic mass is 16.5. The van der Waals surface area contributed by atoms with E-state index in [0.717, 1.165) is 49.9 Å². The normalized spacial score (nSPS) is 26.3. The molecular formula is C21H29N3O. The second kappa shape index (κ2) is 7.07. The maximum absolute atomic E-state index is 9.28. The van der Waals surface area contributed by atoms with Gasteiger partial charge in [-0.1, -0.05) is 18.2 Å². The lowest BCUT2D eigenvalue weighted by Crippen LogP contribution is -2.71. The maximum atomic E-state index is 9.28. The van der Waals surface area contributed by atoms with E-state index in [1.807, 2.05) is 18.2 Å². The summed E-state index contributed by atoms with van der Waals surface area (Å²) in [6.07, 6.45) is 5.26. The quantitative estimate of drug-likeness (QED) is 0.799. The Balaban J connectivity index is 1.30. The molecule has 4 heteroatoms. The molecule has 134 valence electrons. The highest BCUT2D eigenvalue weighted by molar-refractivity contribution is 5.37. The third kappa shape index (κ3) is 3.74. The smallest absolute Gasteiger partial charge is 0.0995 e. The molecule has 4 rings (SSSR count). The van der Waals surface area contributed by atoms with E-state index in [-0.39, 0.29) is 0 Å². The lowest BCUT2D eigenvalue weighted by Gasteiger charge is -2.59. The average Bonchev–Trinajstić information content (AvgIpc) is 3.41. The summed E-state index contributed by atoms with van der Waals surface area (Å²) in [5, 5.41) is 9.28. The van der Waals surface area contributed by atoms with E-state index in [0.29, 0.717) is 11.5 Å². The summed E-state index contributed by atoms with van der Waals surface area (Å²) < 4.78 is 5.98. The van der Waals surface area contributed by atoms with Crippen LogP contribution in [0.15, 0.2) is 24.3 Å². The number of benzene rings is 1. The second-order valence-corrected chi connectivity index (χ2v) is 8.40. The summed E-state index contributed by atoms with van der Waals surface area (Å²) in [5.41, 5.74) is 2.29. The molecule has 1 aromatic rings. The molecule has 2 aliphatic heterocycles. The lowest BCUT2D eigenvalue weighted by molar-refractivity contribution is -0.0930. The van der Waals surface area contributed by atoms with Crippen molar-refractivity contribution < 1.29 is 4.74 Å². The van der Waals surface area contributed by atoms with E-state index in [4.69, 9.17) is 4.74 Å². The Morgan fingerprint density at radius 3 is 2.68 bits per heavy atom. The first-order valence-electron chi connectivity index (χ1n) is 9.68. The largest absolute Gasteiger partial charge is 0.381 e. The summed E-state index contributed by atoms with van der Waals surface area (Å²) in [5.74, 6) is 1.57. The van der Waals surface area contributed by atoms with Gasteiger partial charge in [0.2, 0.25) is 0 Å². The van der Waals surface area contributed by atoms with Crippen molar-refractivity contribution >= 4 is 0 Å². The van der Waals surface area contributed by atoms with Crippen LogP contribution in [0.4, 0.5) is 0 Å². The van der Waals surface area contributed by atoms with Gasteiger partial charge in [0.1, 0.15) is 0 Å². The molecule has 3 aliphatic rings. The fourth-order valence-corrected chi connectivity index (χ4v) is 4.51. The first-order chi connectivity index (χ1) is 12.2. The number of likely N-dealkylation sites (tertiary alicyclic amines) is 2. The van der Waals surface area contributed by atoms with Crippen molar-refractivity contribution in [1.82, 2.24) is 9.80 Å². The Labute approximate surface area is 151 Å². The van der Waals surface area contributed by atoms with Crippen LogP contribution >= 0.6 is 0 Å². The number of hydrogen-bond acceptors (Lipinski definition) is 4. The van der Waals surface area contributed by atoms with Gasteiger partial charge in [0.15, 0.2) is 0 Å². The summed E-state index contributed by atoms with van der Waals surface area (Å²) >= 11 is 0. The van der Waals surface area contributed by atoms with Gasteiger partial charge in [-0.25, -0.2) is 0 Å². The van der Waals surface area contributed by atoms with Crippen molar-refractivity contribution in [1.29, 1.82) is 5.26 Å². The first-order valence-corrected chi connectivity index (χ1v) is 9.68. The second-order valence-electron chi connectivity index (χ2n) is 8.40. The molecule has 2 heterocycles. The minimum atomic E-state index is 0.327. The van der Waals surface area contributed by atoms with Gasteiger partial charge in [-0.3, -0.25) is 9.80 Å². The van der Waals surface area contributed by atoms with E-state index in [2.05, 4.69) is 29.0 Å². The molecular weight excluding hydrogens is 310 g/mol. The van der Waals surface area contributed by atoms with E-state index in [1.54, 1.807) is 0 Å². The van der Waals surface area contributed by atoms with Gasteiger partial charge < -0.3 is 4.74 Å². The van der Waals surface area contributed by atoms with Crippen LogP contribution in [-0.2, 0) is 11.3 Å². The molecule has 1 atom stereocenters. The SMILES string of the molecule is CN1CC[C@@H](COCC2CC2)CC12CN(Cc1ccccc1C#N)C2. The Kier molecular flexibility index (Phi) is 4.82. The van der Waals surface area contributed by atoms with Crippen LogP contribution in [-0.4, -0.2) is 55.2 Å². The highest BCUT2D eigenvalue weighted by Gasteiger charge is 2.49. The Morgan fingerprint density at radius 1 is 1.16 bits per heavy atom. The summed E-state index contributed by atoms with van der Waals surface area (Å²) in [6.45, 7) is 6.23. The molecule has 0 bridgehead atoms. The number of hydrogen-bond donors (Lipinski definition) is 0. The van der Waals surface area contributed by atoms with Gasteiger partial charge in [-0.2, -0.15) is 5.26 Å². The van der Waals surface area contributed by atoms with Crippen molar-refractivity contribution in [2.24, 2.45) is 11.8 Å². The van der Waals surface area contributed by atoms with Crippen molar-refractivity contribution in [3.05, 3.63) is 35.4 Å². The zero-order valence-corrected chi connectivity index (χ0v) is 15.3. The molecule has 1 spiro atoms. The molecule has 1 aromatic carbocycles. The van der Waals surface area contributed by atoms with Gasteiger partial charge in [0, 0.05) is 38.4 Å². The molecule has 0 amide bonds. The van der Waals surface area contributed by atoms with Crippen molar-refractivity contribution in [2.75, 3.05) is 39.9 Å². The molecule has 25 heavy (non-hydrogen) atoms. The zero-order chi connectivity index (χ0) is 17.3. The molecule has 0 radical (unpaired) electrons. The predicted molar refractivity (Wildman–Crippen MR) is 98.1 cm³/mol. The fourth-order valence-electron chi connectivity index (χ4n) is 4.51. The third-order valence-electron chi connectivity index (χ3n) is 6.32. The van der Waals surface area contributed by atoms with Crippen molar-refractivity contribution in [3.8, 4) is 6.07 Å². The number of nitriles is 1. The van der Waals surface area contributed by atoms with Crippen LogP contribution in [0.5, 0.6) is 0 Å². The number of ether oxygens (including phenoxy) is 1. The highest BCUT2D eigenvalue weighted by Crippen LogP contribution is 2.39. The van der Waals surface area contributed by atoms with E-state index in [1.165, 1.54) is 32.2 Å². The van der Waals surface area contributed by atoms with Crippen LogP contribution in [0.3, 0.4) is 0 Å². The Hall–Kier alpha value is -1.41. The third-order valence-corrected chi connectivity index (χ3v) is 6.32. The van der Waals surface area contributed by atoms with Crippen molar-refractivity contribution in [2.45, 2.75) is 37.8 Å². The number of rotatable bonds is 6. The minimum Gasteiger partial charge on any atom is -0.381 e. The van der Waals surface area contributed by atoms with E-state index < -0.39 is 0 Å². The summed E-state index contributed by atoms with van der Waals surface area (Å²) in [7, 11) is 2.28. The molecule has 0 N–H and O–H groups in total. The minimum absolute atomic E-state index is 0.327. The van der Waals surface area contributed by atoms with Crippen LogP contribution in [0.25, 0.3) is 0 Å². The van der Waals surface area contributed by atoms with Gasteiger partial charge in [-0.05, 0) is 62.7 Å². The standard InChI is InChI=1S/C21H29N3O/c1-23-9-8-18(14-25-13-17-6-7-17)10-21(23)15-24(16-21)12-20-5-3-2-4-19(20)11-22/h2-5,17-18H,6-10,12-16H2,1H3/t18-/m1/s1. The summed E-state index contributed by atoms with van der Waals surface area (Å²) in [4.78, 5) is 5.05. The van der Waals surface area contributed by atoms with Crippen molar-refractivity contribution in [3.63, 3.8) is 0 Å². The van der Waals surface area contributed by atoms with Crippen LogP contribution in [0.1, 0.15) is 36.8 Å². The Morgan fingerprint density at radius 2 is 1.92 bits per heavy atom. The zero-order valence-electron chi connectivity index (χ0n) is 15.3. The topological polar surface area (TPSA) is 39.5 Å². The predicted octanol–water partition coefficient (Wildman–Crippen LogP) is 2.88.